The number of aryl methyl sites for hydroxylation is 1. The van der Waals surface area contributed by atoms with Crippen LogP contribution < -0.4 is 4.90 Å². The quantitative estimate of drug-likeness (QED) is 0.529. The van der Waals surface area contributed by atoms with Crippen molar-refractivity contribution in [1.29, 1.82) is 0 Å². The number of thioether (sulfide) groups is 1. The molecule has 0 saturated carbocycles. The molecule has 6 heteroatoms. The highest BCUT2D eigenvalue weighted by molar-refractivity contribution is 7.99. The minimum absolute atomic E-state index is 0.185. The van der Waals surface area contributed by atoms with E-state index in [-0.39, 0.29) is 18.6 Å². The van der Waals surface area contributed by atoms with Crippen LogP contribution >= 0.6 is 11.8 Å². The molecule has 5 nitrogen and oxygen atoms in total. The second kappa shape index (κ2) is 9.46. The Hall–Kier alpha value is -2.31. The second-order valence-corrected chi connectivity index (χ2v) is 8.36. The van der Waals surface area contributed by atoms with Crippen LogP contribution in [0.1, 0.15) is 35.2 Å². The molecule has 1 amide bonds. The molecule has 0 N–H and O–H groups in total. The summed E-state index contributed by atoms with van der Waals surface area (Å²) in [5.41, 5.74) is 2.59. The lowest BCUT2D eigenvalue weighted by molar-refractivity contribution is -0.121. The number of fused-ring (bicyclic) bond motifs is 1. The summed E-state index contributed by atoms with van der Waals surface area (Å²) < 4.78 is 11.1. The average molecular weight is 412 g/mol. The Balaban J connectivity index is 1.37. The van der Waals surface area contributed by atoms with Crippen LogP contribution in [0.5, 0.6) is 0 Å². The van der Waals surface area contributed by atoms with Crippen LogP contribution in [0.4, 0.5) is 5.69 Å². The Morgan fingerprint density at radius 1 is 1.10 bits per heavy atom. The molecule has 2 aliphatic heterocycles. The van der Waals surface area contributed by atoms with Gasteiger partial charge in [0.1, 0.15) is 0 Å². The van der Waals surface area contributed by atoms with Crippen molar-refractivity contribution in [3.63, 3.8) is 0 Å². The van der Waals surface area contributed by atoms with Gasteiger partial charge in [0.15, 0.2) is 6.61 Å². The summed E-state index contributed by atoms with van der Waals surface area (Å²) in [5.74, 6) is 0.169. The largest absolute Gasteiger partial charge is 0.452 e. The van der Waals surface area contributed by atoms with Crippen molar-refractivity contribution >= 4 is 29.3 Å². The van der Waals surface area contributed by atoms with Gasteiger partial charge in [0.25, 0.3) is 5.91 Å². The number of rotatable bonds is 6. The molecule has 2 aromatic carbocycles. The fourth-order valence-electron chi connectivity index (χ4n) is 3.80. The number of carbonyl (C=O) groups is 2. The maximum Gasteiger partial charge on any atom is 0.339 e. The lowest BCUT2D eigenvalue weighted by Crippen LogP contribution is -2.38. The molecule has 0 radical (unpaired) electrons. The molecule has 0 aromatic heterocycles. The number of amides is 1. The first-order chi connectivity index (χ1) is 14.2. The Kier molecular flexibility index (Phi) is 6.52. The van der Waals surface area contributed by atoms with Gasteiger partial charge in [0.2, 0.25) is 0 Å². The highest BCUT2D eigenvalue weighted by Gasteiger charge is 2.24. The van der Waals surface area contributed by atoms with E-state index >= 15 is 0 Å². The molecule has 152 valence electrons. The van der Waals surface area contributed by atoms with Gasteiger partial charge in [-0.1, -0.05) is 30.3 Å². The third-order valence-electron chi connectivity index (χ3n) is 5.29. The van der Waals surface area contributed by atoms with Crippen molar-refractivity contribution in [3.8, 4) is 0 Å². The van der Waals surface area contributed by atoms with Gasteiger partial charge in [-0.2, -0.15) is 0 Å². The minimum Gasteiger partial charge on any atom is -0.452 e. The molecule has 0 unspecified atom stereocenters. The van der Waals surface area contributed by atoms with Crippen molar-refractivity contribution in [1.82, 2.24) is 0 Å². The smallest absolute Gasteiger partial charge is 0.339 e. The number of hydrogen-bond donors (Lipinski definition) is 0. The Morgan fingerprint density at radius 3 is 2.79 bits per heavy atom. The SMILES string of the molecule is O=C(OCC(=O)N1CCCc2ccccc21)c1ccccc1SC[C@@H]1CCCO1. The van der Waals surface area contributed by atoms with E-state index in [9.17, 15) is 9.59 Å². The molecule has 2 heterocycles. The van der Waals surface area contributed by atoms with Crippen LogP contribution in [0.2, 0.25) is 0 Å². The van der Waals surface area contributed by atoms with Gasteiger partial charge >= 0.3 is 5.97 Å². The minimum atomic E-state index is -0.459. The van der Waals surface area contributed by atoms with Gasteiger partial charge in [-0.05, 0) is 49.4 Å². The number of esters is 1. The molecular formula is C23H25NO4S. The molecule has 4 rings (SSSR count). The van der Waals surface area contributed by atoms with Gasteiger partial charge in [-0.3, -0.25) is 4.79 Å². The van der Waals surface area contributed by atoms with Gasteiger partial charge in [-0.15, -0.1) is 11.8 Å². The topological polar surface area (TPSA) is 55.8 Å². The molecule has 2 aromatic rings. The zero-order valence-corrected chi connectivity index (χ0v) is 17.2. The van der Waals surface area contributed by atoms with E-state index in [0.29, 0.717) is 12.1 Å². The molecule has 29 heavy (non-hydrogen) atoms. The van der Waals surface area contributed by atoms with Crippen LogP contribution in [0.25, 0.3) is 0 Å². The maximum atomic E-state index is 12.7. The van der Waals surface area contributed by atoms with Gasteiger partial charge in [0.05, 0.1) is 11.7 Å². The number of carbonyl (C=O) groups excluding carboxylic acids is 2. The molecule has 0 aliphatic carbocycles. The fourth-order valence-corrected chi connectivity index (χ4v) is 4.91. The molecule has 0 bridgehead atoms. The number of hydrogen-bond acceptors (Lipinski definition) is 5. The van der Waals surface area contributed by atoms with Crippen molar-refractivity contribution in [2.45, 2.75) is 36.7 Å². The van der Waals surface area contributed by atoms with E-state index in [0.717, 1.165) is 54.2 Å². The summed E-state index contributed by atoms with van der Waals surface area (Å²) in [7, 11) is 0. The molecule has 1 atom stereocenters. The zero-order valence-electron chi connectivity index (χ0n) is 16.3. The molecule has 2 aliphatic rings. The van der Waals surface area contributed by atoms with Gasteiger partial charge in [-0.25, -0.2) is 4.79 Å². The van der Waals surface area contributed by atoms with E-state index in [1.165, 1.54) is 0 Å². The molecule has 1 saturated heterocycles. The van der Waals surface area contributed by atoms with Crippen LogP contribution in [0.3, 0.4) is 0 Å². The predicted molar refractivity (Wildman–Crippen MR) is 114 cm³/mol. The lowest BCUT2D eigenvalue weighted by Gasteiger charge is -2.29. The summed E-state index contributed by atoms with van der Waals surface area (Å²) >= 11 is 1.60. The van der Waals surface area contributed by atoms with E-state index in [1.807, 2.05) is 42.5 Å². The van der Waals surface area contributed by atoms with Crippen molar-refractivity contribution in [3.05, 3.63) is 59.7 Å². The van der Waals surface area contributed by atoms with Crippen LogP contribution in [0.15, 0.2) is 53.4 Å². The van der Waals surface area contributed by atoms with Crippen LogP contribution in [-0.2, 0) is 20.7 Å². The highest BCUT2D eigenvalue weighted by Crippen LogP contribution is 2.28. The third-order valence-corrected chi connectivity index (χ3v) is 6.50. The number of benzene rings is 2. The van der Waals surface area contributed by atoms with Gasteiger partial charge in [0, 0.05) is 29.5 Å². The van der Waals surface area contributed by atoms with Gasteiger partial charge < -0.3 is 14.4 Å². The Morgan fingerprint density at radius 2 is 1.93 bits per heavy atom. The predicted octanol–water partition coefficient (Wildman–Crippen LogP) is 4.09. The Labute approximate surface area is 175 Å². The zero-order chi connectivity index (χ0) is 20.1. The standard InChI is InChI=1S/C23H25NO4S/c25-22(24-13-5-8-17-7-1-3-11-20(17)24)15-28-23(26)19-10-2-4-12-21(19)29-16-18-9-6-14-27-18/h1-4,7,10-12,18H,5-6,8-9,13-16H2/t18-/m0/s1. The summed E-state index contributed by atoms with van der Waals surface area (Å²) in [6.07, 6.45) is 4.28. The first-order valence-corrected chi connectivity index (χ1v) is 11.1. The summed E-state index contributed by atoms with van der Waals surface area (Å²) in [6, 6.07) is 15.3. The van der Waals surface area contributed by atoms with Crippen molar-refractivity contribution in [2.75, 3.05) is 30.4 Å². The fraction of sp³-hybridized carbons (Fsp3) is 0.391. The number of anilines is 1. The van der Waals surface area contributed by atoms with Crippen molar-refractivity contribution < 1.29 is 19.1 Å². The molecule has 0 spiro atoms. The first-order valence-electron chi connectivity index (χ1n) is 10.1. The number of nitrogens with zero attached hydrogens (tertiary/aromatic N) is 1. The summed E-state index contributed by atoms with van der Waals surface area (Å²) in [4.78, 5) is 28.0. The molecule has 1 fully saturated rings. The number of para-hydroxylation sites is 1. The second-order valence-electron chi connectivity index (χ2n) is 7.30. The van der Waals surface area contributed by atoms with Crippen LogP contribution in [0, 0.1) is 0 Å². The summed E-state index contributed by atoms with van der Waals surface area (Å²) in [6.45, 7) is 1.22. The third kappa shape index (κ3) is 4.82. The van der Waals surface area contributed by atoms with E-state index < -0.39 is 5.97 Å². The normalized spacial score (nSPS) is 18.3. The lowest BCUT2D eigenvalue weighted by atomic mass is 10.0. The monoisotopic (exact) mass is 411 g/mol. The van der Waals surface area contributed by atoms with Crippen molar-refractivity contribution in [2.24, 2.45) is 0 Å². The average Bonchev–Trinajstić information content (AvgIpc) is 3.29. The van der Waals surface area contributed by atoms with E-state index in [1.54, 1.807) is 22.7 Å². The maximum absolute atomic E-state index is 12.7. The van der Waals surface area contributed by atoms with E-state index in [2.05, 4.69) is 0 Å². The van der Waals surface area contributed by atoms with E-state index in [4.69, 9.17) is 9.47 Å². The first kappa shape index (κ1) is 20.0. The molecular weight excluding hydrogens is 386 g/mol. The summed E-state index contributed by atoms with van der Waals surface area (Å²) in [5, 5.41) is 0. The Bertz CT molecular complexity index is 879. The van der Waals surface area contributed by atoms with Crippen LogP contribution in [-0.4, -0.2) is 43.5 Å². The number of ether oxygens (including phenoxy) is 2. The highest BCUT2D eigenvalue weighted by atomic mass is 32.2.